The summed E-state index contributed by atoms with van der Waals surface area (Å²) in [7, 11) is 0. The molecular weight excluding hydrogens is 354 g/mol. The normalized spacial score (nSPS) is 14.1. The van der Waals surface area contributed by atoms with Crippen LogP contribution in [0.1, 0.15) is 5.56 Å². The zero-order valence-electron chi connectivity index (χ0n) is 11.2. The summed E-state index contributed by atoms with van der Waals surface area (Å²) in [6.45, 7) is -3.83. The third kappa shape index (κ3) is 4.07. The molecule has 2 rings (SSSR count). The van der Waals surface area contributed by atoms with Crippen molar-refractivity contribution in [2.24, 2.45) is 0 Å². The second-order valence-electron chi connectivity index (χ2n) is 4.36. The Morgan fingerprint density at radius 2 is 1.74 bits per heavy atom. The molecule has 2 aromatic carbocycles. The van der Waals surface area contributed by atoms with Gasteiger partial charge in [0.2, 0.25) is 0 Å². The Morgan fingerprint density at radius 3 is 2.26 bits per heavy atom. The molecule has 122 valence electrons. The van der Waals surface area contributed by atoms with E-state index in [1.807, 2.05) is 0 Å². The van der Waals surface area contributed by atoms with Crippen LogP contribution in [0.15, 0.2) is 48.5 Å². The van der Waals surface area contributed by atoms with Gasteiger partial charge in [-0.05, 0) is 12.1 Å². The van der Waals surface area contributed by atoms with Crippen LogP contribution in [0, 0.1) is 10.1 Å². The van der Waals surface area contributed by atoms with Gasteiger partial charge in [0, 0.05) is 11.4 Å². The highest BCUT2D eigenvalue weighted by molar-refractivity contribution is 8.12. The zero-order valence-corrected chi connectivity index (χ0v) is 12.9. The molecule has 0 spiro atoms. The molecule has 0 heterocycles. The smallest absolute Gasteiger partial charge is 0.423 e. The van der Waals surface area contributed by atoms with Crippen molar-refractivity contribution in [3.05, 3.63) is 64.2 Å². The molecule has 2 aromatic rings. The highest BCUT2D eigenvalue weighted by Gasteiger charge is 2.38. The number of rotatable bonds is 4. The van der Waals surface area contributed by atoms with E-state index in [1.54, 1.807) is 18.2 Å². The molecule has 0 radical (unpaired) electrons. The summed E-state index contributed by atoms with van der Waals surface area (Å²) < 4.78 is 43.7. The lowest BCUT2D eigenvalue weighted by molar-refractivity contribution is -0.388. The van der Waals surface area contributed by atoms with Crippen LogP contribution in [0.2, 0.25) is 0 Å². The Kier molecular flexibility index (Phi) is 4.74. The van der Waals surface area contributed by atoms with Crippen LogP contribution in [-0.4, -0.2) is 4.92 Å². The molecule has 23 heavy (non-hydrogen) atoms. The molecule has 10 heteroatoms. The van der Waals surface area contributed by atoms with E-state index in [9.17, 15) is 28.2 Å². The minimum Gasteiger partial charge on any atom is -0.788 e. The van der Waals surface area contributed by atoms with Crippen molar-refractivity contribution >= 4 is 29.3 Å². The quantitative estimate of drug-likeness (QED) is 0.475. The maximum absolute atomic E-state index is 12.9. The standard InChI is InChI=1S/C13H9F3NO4PS/c14-13(15,16)11-8-9(6-7-12(11)17(18)19)21-22(20,23)10-4-2-1-3-5-10/h1-8H,(H,20,23)/p-1. The van der Waals surface area contributed by atoms with Crippen molar-refractivity contribution in [3.63, 3.8) is 0 Å². The van der Waals surface area contributed by atoms with Gasteiger partial charge in [0.1, 0.15) is 11.3 Å². The van der Waals surface area contributed by atoms with E-state index in [4.69, 9.17) is 16.3 Å². The molecule has 0 aromatic heterocycles. The van der Waals surface area contributed by atoms with Crippen LogP contribution in [0.4, 0.5) is 18.9 Å². The van der Waals surface area contributed by atoms with E-state index in [2.05, 4.69) is 0 Å². The van der Waals surface area contributed by atoms with Gasteiger partial charge >= 0.3 is 6.18 Å². The van der Waals surface area contributed by atoms with Crippen LogP contribution in [0.3, 0.4) is 0 Å². The molecule has 1 atom stereocenters. The first kappa shape index (κ1) is 17.4. The van der Waals surface area contributed by atoms with E-state index in [0.29, 0.717) is 12.1 Å². The molecule has 0 fully saturated rings. The third-order valence-electron chi connectivity index (χ3n) is 2.77. The van der Waals surface area contributed by atoms with Crippen LogP contribution >= 0.6 is 6.49 Å². The second kappa shape index (κ2) is 6.27. The fourth-order valence-corrected chi connectivity index (χ4v) is 3.42. The van der Waals surface area contributed by atoms with Gasteiger partial charge in [0.25, 0.3) is 5.69 Å². The van der Waals surface area contributed by atoms with Gasteiger partial charge in [-0.15, -0.1) is 0 Å². The van der Waals surface area contributed by atoms with Crippen LogP contribution in [0.5, 0.6) is 5.75 Å². The Balaban J connectivity index is 2.42. The van der Waals surface area contributed by atoms with Gasteiger partial charge in [-0.25, -0.2) is 0 Å². The van der Waals surface area contributed by atoms with Gasteiger partial charge in [0.05, 0.1) is 11.4 Å². The topological polar surface area (TPSA) is 75.4 Å². The first-order chi connectivity index (χ1) is 10.6. The lowest BCUT2D eigenvalue weighted by Gasteiger charge is -2.29. The van der Waals surface area contributed by atoms with E-state index < -0.39 is 34.6 Å². The molecule has 0 aliphatic heterocycles. The molecule has 0 saturated heterocycles. The largest absolute Gasteiger partial charge is 0.788 e. The highest BCUT2D eigenvalue weighted by atomic mass is 32.5. The summed E-state index contributed by atoms with van der Waals surface area (Å²) in [5, 5.41) is 10.8. The predicted molar refractivity (Wildman–Crippen MR) is 79.1 cm³/mol. The zero-order chi connectivity index (χ0) is 17.3. The van der Waals surface area contributed by atoms with Crippen molar-refractivity contribution in [2.45, 2.75) is 6.18 Å². The number of alkyl halides is 3. The van der Waals surface area contributed by atoms with E-state index in [-0.39, 0.29) is 5.30 Å². The number of nitro benzene ring substituents is 1. The van der Waals surface area contributed by atoms with Crippen LogP contribution in [0.25, 0.3) is 0 Å². The van der Waals surface area contributed by atoms with Gasteiger partial charge in [-0.3, -0.25) is 10.1 Å². The maximum Gasteiger partial charge on any atom is 0.423 e. The van der Waals surface area contributed by atoms with Crippen LogP contribution in [-0.2, 0) is 18.0 Å². The average Bonchev–Trinajstić information content (AvgIpc) is 2.46. The van der Waals surface area contributed by atoms with Gasteiger partial charge in [-0.1, -0.05) is 42.1 Å². The van der Waals surface area contributed by atoms with E-state index in [1.165, 1.54) is 12.1 Å². The molecule has 0 amide bonds. The summed E-state index contributed by atoms with van der Waals surface area (Å²) in [5.41, 5.74) is -2.62. The fraction of sp³-hybridized carbons (Fsp3) is 0.0769. The summed E-state index contributed by atoms with van der Waals surface area (Å²) in [4.78, 5) is 21.9. The molecule has 0 saturated carbocycles. The minimum absolute atomic E-state index is 0.141. The number of nitro groups is 1. The number of hydrogen-bond acceptors (Lipinski definition) is 5. The third-order valence-corrected chi connectivity index (χ3v) is 5.01. The molecule has 0 N–H and O–H groups in total. The maximum atomic E-state index is 12.9. The summed E-state index contributed by atoms with van der Waals surface area (Å²) in [6, 6.07) is 9.57. The van der Waals surface area contributed by atoms with E-state index >= 15 is 0 Å². The van der Waals surface area contributed by atoms with Crippen LogP contribution < -0.4 is 14.7 Å². The monoisotopic (exact) mass is 362 g/mol. The Labute approximate surface area is 133 Å². The number of halogens is 3. The Morgan fingerprint density at radius 1 is 1.13 bits per heavy atom. The van der Waals surface area contributed by atoms with Crippen molar-refractivity contribution in [2.75, 3.05) is 0 Å². The summed E-state index contributed by atoms with van der Waals surface area (Å²) in [5.74, 6) is -0.454. The molecular formula is C13H8F3NO4PS-. The summed E-state index contributed by atoms with van der Waals surface area (Å²) in [6.07, 6.45) is -4.96. The van der Waals surface area contributed by atoms with Gasteiger partial charge < -0.3 is 9.42 Å². The molecule has 0 aliphatic rings. The number of nitrogens with zero attached hydrogens (tertiary/aromatic N) is 1. The fourth-order valence-electron chi connectivity index (χ4n) is 1.76. The minimum atomic E-state index is -4.96. The number of benzene rings is 2. The highest BCUT2D eigenvalue weighted by Crippen LogP contribution is 2.42. The van der Waals surface area contributed by atoms with Crippen molar-refractivity contribution in [3.8, 4) is 5.75 Å². The lowest BCUT2D eigenvalue weighted by atomic mass is 10.1. The molecule has 1 unspecified atom stereocenters. The van der Waals surface area contributed by atoms with Crippen molar-refractivity contribution < 1.29 is 27.5 Å². The van der Waals surface area contributed by atoms with Gasteiger partial charge in [0.15, 0.2) is 0 Å². The first-order valence-electron chi connectivity index (χ1n) is 6.03. The molecule has 0 aliphatic carbocycles. The predicted octanol–water partition coefficient (Wildman–Crippen LogP) is 2.99. The van der Waals surface area contributed by atoms with E-state index in [0.717, 1.165) is 6.07 Å². The van der Waals surface area contributed by atoms with Gasteiger partial charge in [-0.2, -0.15) is 13.2 Å². The summed E-state index contributed by atoms with van der Waals surface area (Å²) >= 11 is 4.83. The molecule has 5 nitrogen and oxygen atoms in total. The SMILES string of the molecule is O=[N+]([O-])c1ccc(OP([O-])(=S)c2ccccc2)cc1C(F)(F)F. The van der Waals surface area contributed by atoms with Crippen molar-refractivity contribution in [1.29, 1.82) is 0 Å². The average molecular weight is 362 g/mol. The Bertz CT molecular complexity index is 783. The molecule has 0 bridgehead atoms. The second-order valence-corrected chi connectivity index (χ2v) is 7.49. The lowest BCUT2D eigenvalue weighted by Crippen LogP contribution is -2.19. The Hall–Kier alpha value is -1.96. The van der Waals surface area contributed by atoms with Crippen molar-refractivity contribution in [1.82, 2.24) is 0 Å². The number of hydrogen-bond donors (Lipinski definition) is 0. The first-order valence-corrected chi connectivity index (χ1v) is 8.67.